The molecule has 0 N–H and O–H groups in total. The van der Waals surface area contributed by atoms with Crippen LogP contribution in [0, 0.1) is 0 Å². The summed E-state index contributed by atoms with van der Waals surface area (Å²) >= 11 is 0. The molecule has 37 heavy (non-hydrogen) atoms. The van der Waals surface area contributed by atoms with Crippen LogP contribution in [0.25, 0.3) is 0 Å². The van der Waals surface area contributed by atoms with Crippen molar-refractivity contribution in [3.8, 4) is 0 Å². The molecule has 0 aromatic carbocycles. The molecule has 0 aliphatic heterocycles. The minimum atomic E-state index is -0.0778. The summed E-state index contributed by atoms with van der Waals surface area (Å²) in [5.74, 6) is 0. The van der Waals surface area contributed by atoms with Crippen molar-refractivity contribution in [1.29, 1.82) is 0 Å². The van der Waals surface area contributed by atoms with Crippen LogP contribution in [0.1, 0.15) is 216 Å². The molecule has 0 heterocycles. The lowest BCUT2D eigenvalue weighted by Gasteiger charge is -2.60. The van der Waals surface area contributed by atoms with Crippen molar-refractivity contribution in [2.75, 3.05) is 0 Å². The fourth-order valence-corrected chi connectivity index (χ4v) is 13.8. The number of hydrogen-bond donors (Lipinski definition) is 0. The predicted octanol–water partition coefficient (Wildman–Crippen LogP) is 14.2. The molecule has 0 aliphatic rings. The Morgan fingerprint density at radius 3 is 0.703 bits per heavy atom. The fraction of sp³-hybridized carbons (Fsp3) is 1.00. The Bertz CT molecular complexity index is 412. The van der Waals surface area contributed by atoms with Crippen LogP contribution in [0.4, 0.5) is 0 Å². The molecule has 0 amide bonds. The first kappa shape index (κ1) is 37.4. The lowest BCUT2D eigenvalue weighted by molar-refractivity contribution is 0.374. The molecule has 0 saturated heterocycles. The second-order valence-electron chi connectivity index (χ2n) is 12.6. The fourth-order valence-electron chi connectivity index (χ4n) is 7.78. The van der Waals surface area contributed by atoms with Gasteiger partial charge >= 0.3 is 0 Å². The Balaban J connectivity index is 6.40. The van der Waals surface area contributed by atoms with Crippen LogP contribution < -0.4 is 0 Å². The largest absolute Gasteiger partial charge is 0.0877 e. The van der Waals surface area contributed by atoms with E-state index in [0.29, 0.717) is 15.5 Å². The molecule has 224 valence electrons. The lowest BCUT2D eigenvalue weighted by atomic mass is 9.91. The minimum Gasteiger partial charge on any atom is -0.0877 e. The zero-order valence-electron chi connectivity index (χ0n) is 27.9. The molecule has 0 bridgehead atoms. The molecule has 0 aromatic rings. The van der Waals surface area contributed by atoms with Gasteiger partial charge in [0, 0.05) is 0 Å². The Labute approximate surface area is 239 Å². The van der Waals surface area contributed by atoms with Gasteiger partial charge in [-0.2, -0.15) is 0 Å². The molecule has 0 unspecified atom stereocenters. The average Bonchev–Trinajstić information content (AvgIpc) is 2.94. The minimum absolute atomic E-state index is 0.0778. The summed E-state index contributed by atoms with van der Waals surface area (Å²) in [6.07, 6.45) is 34.5. The molecule has 0 rings (SSSR count). The van der Waals surface area contributed by atoms with E-state index >= 15 is 0 Å². The topological polar surface area (TPSA) is 0 Å². The van der Waals surface area contributed by atoms with E-state index in [4.69, 9.17) is 0 Å². The van der Waals surface area contributed by atoms with E-state index in [2.05, 4.69) is 62.3 Å². The van der Waals surface area contributed by atoms with E-state index in [1.807, 2.05) is 0 Å². The summed E-state index contributed by atoms with van der Waals surface area (Å²) in [6, 6.07) is 0. The summed E-state index contributed by atoms with van der Waals surface area (Å²) in [7, 11) is -0.0778. The van der Waals surface area contributed by atoms with Gasteiger partial charge < -0.3 is 0 Å². The smallest absolute Gasteiger partial charge is 0.00897 e. The van der Waals surface area contributed by atoms with Crippen LogP contribution in [0.2, 0.25) is 0 Å². The number of hydrogen-bond acceptors (Lipinski definition) is 0. The van der Waals surface area contributed by atoms with E-state index in [9.17, 15) is 0 Å². The first-order chi connectivity index (χ1) is 17.9. The SMILES string of the molecule is CCCCCCCC(CC)(CC)P(C(CC)(CC)CCCCCCC)C(CC)(CC)CCCCCCC. The highest BCUT2D eigenvalue weighted by Crippen LogP contribution is 2.76. The molecule has 0 spiro atoms. The van der Waals surface area contributed by atoms with Gasteiger partial charge in [-0.15, -0.1) is 0 Å². The van der Waals surface area contributed by atoms with Crippen LogP contribution in [0.5, 0.6) is 0 Å². The van der Waals surface area contributed by atoms with Crippen molar-refractivity contribution < 1.29 is 0 Å². The Morgan fingerprint density at radius 1 is 0.297 bits per heavy atom. The van der Waals surface area contributed by atoms with E-state index in [1.54, 1.807) is 0 Å². The lowest BCUT2D eigenvalue weighted by Crippen LogP contribution is -2.47. The first-order valence-electron chi connectivity index (χ1n) is 17.7. The highest BCUT2D eigenvalue weighted by atomic mass is 31.1. The molecular weight excluding hydrogens is 463 g/mol. The maximum absolute atomic E-state index is 2.60. The standard InChI is InChI=1S/C36H75P/c1-10-19-22-25-28-31-34(13-4,14-5)37(35(15-6,16-7)32-29-26-23-20-11-2)36(17-8,18-9)33-30-27-24-21-12-3/h10-33H2,1-9H3. The molecule has 0 aromatic heterocycles. The van der Waals surface area contributed by atoms with Crippen LogP contribution >= 0.6 is 7.92 Å². The van der Waals surface area contributed by atoms with Crippen molar-refractivity contribution in [3.63, 3.8) is 0 Å². The maximum Gasteiger partial charge on any atom is -0.00897 e. The van der Waals surface area contributed by atoms with Gasteiger partial charge in [-0.1, -0.05) is 167 Å². The molecule has 0 radical (unpaired) electrons. The van der Waals surface area contributed by atoms with E-state index < -0.39 is 0 Å². The maximum atomic E-state index is 2.60. The van der Waals surface area contributed by atoms with E-state index in [-0.39, 0.29) is 7.92 Å². The highest BCUT2D eigenvalue weighted by molar-refractivity contribution is 7.62. The van der Waals surface area contributed by atoms with Crippen molar-refractivity contribution in [1.82, 2.24) is 0 Å². The summed E-state index contributed by atoms with van der Waals surface area (Å²) in [5.41, 5.74) is 0. The van der Waals surface area contributed by atoms with Gasteiger partial charge in [-0.05, 0) is 73.3 Å². The monoisotopic (exact) mass is 539 g/mol. The zero-order valence-corrected chi connectivity index (χ0v) is 28.8. The third-order valence-electron chi connectivity index (χ3n) is 10.6. The van der Waals surface area contributed by atoms with Crippen LogP contribution in [0.3, 0.4) is 0 Å². The molecule has 1 heteroatoms. The average molecular weight is 539 g/mol. The quantitative estimate of drug-likeness (QED) is 0.0720. The Hall–Kier alpha value is 0.430. The van der Waals surface area contributed by atoms with Gasteiger partial charge in [0.2, 0.25) is 0 Å². The third-order valence-corrected chi connectivity index (χ3v) is 16.0. The second kappa shape index (κ2) is 22.2. The van der Waals surface area contributed by atoms with Crippen LogP contribution in [-0.2, 0) is 0 Å². The Morgan fingerprint density at radius 2 is 0.514 bits per heavy atom. The molecule has 0 saturated carbocycles. The van der Waals surface area contributed by atoms with E-state index in [1.165, 1.54) is 154 Å². The van der Waals surface area contributed by atoms with Gasteiger partial charge in [-0.25, -0.2) is 0 Å². The summed E-state index contributed by atoms with van der Waals surface area (Å²) in [6.45, 7) is 22.7. The summed E-state index contributed by atoms with van der Waals surface area (Å²) < 4.78 is 0. The van der Waals surface area contributed by atoms with Crippen molar-refractivity contribution >= 4 is 7.92 Å². The first-order valence-corrected chi connectivity index (χ1v) is 19.1. The summed E-state index contributed by atoms with van der Waals surface area (Å²) in [4.78, 5) is 0. The molecule has 0 fully saturated rings. The van der Waals surface area contributed by atoms with Gasteiger partial charge in [-0.3, -0.25) is 0 Å². The van der Waals surface area contributed by atoms with Gasteiger partial charge in [0.05, 0.1) is 0 Å². The number of unbranched alkanes of at least 4 members (excludes halogenated alkanes) is 12. The highest BCUT2D eigenvalue weighted by Gasteiger charge is 2.54. The Kier molecular flexibility index (Phi) is 22.4. The van der Waals surface area contributed by atoms with Crippen molar-refractivity contribution in [2.45, 2.75) is 232 Å². The number of rotatable bonds is 27. The van der Waals surface area contributed by atoms with Crippen molar-refractivity contribution in [2.24, 2.45) is 0 Å². The van der Waals surface area contributed by atoms with Gasteiger partial charge in [0.15, 0.2) is 0 Å². The third kappa shape index (κ3) is 11.8. The van der Waals surface area contributed by atoms with Gasteiger partial charge in [0.25, 0.3) is 0 Å². The van der Waals surface area contributed by atoms with Crippen LogP contribution in [-0.4, -0.2) is 15.5 Å². The normalized spacial score (nSPS) is 13.1. The molecule has 0 nitrogen and oxygen atoms in total. The molecule has 0 atom stereocenters. The molecular formula is C36H75P. The van der Waals surface area contributed by atoms with E-state index in [0.717, 1.165) is 0 Å². The summed E-state index contributed by atoms with van der Waals surface area (Å²) in [5, 5.41) is 1.73. The predicted molar refractivity (Wildman–Crippen MR) is 177 cm³/mol. The molecule has 0 aliphatic carbocycles. The van der Waals surface area contributed by atoms with Crippen LogP contribution in [0.15, 0.2) is 0 Å². The van der Waals surface area contributed by atoms with Gasteiger partial charge in [0.1, 0.15) is 0 Å². The second-order valence-corrected chi connectivity index (χ2v) is 16.1. The van der Waals surface area contributed by atoms with Crippen molar-refractivity contribution in [3.05, 3.63) is 0 Å². The zero-order chi connectivity index (χ0) is 28.0.